The summed E-state index contributed by atoms with van der Waals surface area (Å²) in [7, 11) is 2.52. The summed E-state index contributed by atoms with van der Waals surface area (Å²) in [5, 5.41) is 3.68. The first kappa shape index (κ1) is 29.9. The van der Waals surface area contributed by atoms with E-state index in [1.165, 1.54) is 147 Å². The maximum Gasteiger partial charge on any atom is 0.0913 e. The fourth-order valence-electron chi connectivity index (χ4n) is 5.19. The SMILES string of the molecule is CCCCNCC[N+](C)(CCCCCCCCCN1CCN(CCCC)C1)C(C)CCC. The number of quaternary nitrogens is 1. The van der Waals surface area contributed by atoms with Crippen LogP contribution in [0.2, 0.25) is 0 Å². The van der Waals surface area contributed by atoms with Crippen molar-refractivity contribution in [3.8, 4) is 0 Å². The van der Waals surface area contributed by atoms with Crippen molar-refractivity contribution in [2.75, 3.05) is 66.1 Å². The highest BCUT2D eigenvalue weighted by Gasteiger charge is 2.27. The Bertz CT molecular complexity index is 416. The largest absolute Gasteiger partial charge is 0.323 e. The first-order valence-corrected chi connectivity index (χ1v) is 14.5. The molecule has 0 bridgehead atoms. The Balaban J connectivity index is 2.08. The van der Waals surface area contributed by atoms with Gasteiger partial charge in [0.15, 0.2) is 0 Å². The average molecular weight is 454 g/mol. The molecule has 1 aliphatic heterocycles. The fourth-order valence-corrected chi connectivity index (χ4v) is 5.19. The first-order valence-electron chi connectivity index (χ1n) is 14.5. The molecule has 1 rings (SSSR count). The minimum atomic E-state index is 0.788. The highest BCUT2D eigenvalue weighted by atomic mass is 15.4. The predicted molar refractivity (Wildman–Crippen MR) is 143 cm³/mol. The van der Waals surface area contributed by atoms with E-state index in [1.54, 1.807) is 0 Å². The van der Waals surface area contributed by atoms with E-state index in [2.05, 4.69) is 49.9 Å². The van der Waals surface area contributed by atoms with Gasteiger partial charge in [-0.3, -0.25) is 9.80 Å². The summed E-state index contributed by atoms with van der Waals surface area (Å²) < 4.78 is 1.26. The maximum atomic E-state index is 3.68. The monoisotopic (exact) mass is 453 g/mol. The number of nitrogens with zero attached hydrogens (tertiary/aromatic N) is 3. The third-order valence-electron chi connectivity index (χ3n) is 7.88. The van der Waals surface area contributed by atoms with Crippen molar-refractivity contribution in [1.29, 1.82) is 0 Å². The molecule has 4 nitrogen and oxygen atoms in total. The van der Waals surface area contributed by atoms with Gasteiger partial charge in [0.2, 0.25) is 0 Å². The van der Waals surface area contributed by atoms with Gasteiger partial charge < -0.3 is 9.80 Å². The lowest BCUT2D eigenvalue weighted by Gasteiger charge is -2.40. The molecule has 2 unspecified atom stereocenters. The van der Waals surface area contributed by atoms with E-state index in [0.29, 0.717) is 0 Å². The van der Waals surface area contributed by atoms with Gasteiger partial charge in [-0.05, 0) is 65.1 Å². The van der Waals surface area contributed by atoms with Crippen molar-refractivity contribution in [2.45, 2.75) is 117 Å². The molecule has 1 N–H and O–H groups in total. The Kier molecular flexibility index (Phi) is 17.9. The van der Waals surface area contributed by atoms with Gasteiger partial charge in [0.25, 0.3) is 0 Å². The number of hydrogen-bond acceptors (Lipinski definition) is 3. The molecule has 0 amide bonds. The summed E-state index contributed by atoms with van der Waals surface area (Å²) in [6.45, 7) is 20.9. The van der Waals surface area contributed by atoms with E-state index >= 15 is 0 Å². The smallest absolute Gasteiger partial charge is 0.0913 e. The lowest BCUT2D eigenvalue weighted by atomic mass is 10.1. The summed E-state index contributed by atoms with van der Waals surface area (Å²) in [5.41, 5.74) is 0. The molecule has 4 heteroatoms. The highest BCUT2D eigenvalue weighted by molar-refractivity contribution is 4.70. The zero-order valence-corrected chi connectivity index (χ0v) is 23.0. The summed E-state index contributed by atoms with van der Waals surface area (Å²) in [5.74, 6) is 0. The minimum absolute atomic E-state index is 0.788. The van der Waals surface area contributed by atoms with Crippen molar-refractivity contribution < 1.29 is 4.48 Å². The van der Waals surface area contributed by atoms with Gasteiger partial charge in [-0.15, -0.1) is 0 Å². The second-order valence-electron chi connectivity index (χ2n) is 10.9. The van der Waals surface area contributed by atoms with Crippen LogP contribution in [0.3, 0.4) is 0 Å². The molecule has 1 fully saturated rings. The van der Waals surface area contributed by atoms with Crippen molar-refractivity contribution in [2.24, 2.45) is 0 Å². The van der Waals surface area contributed by atoms with E-state index in [-0.39, 0.29) is 0 Å². The van der Waals surface area contributed by atoms with Crippen LogP contribution in [-0.2, 0) is 0 Å². The van der Waals surface area contributed by atoms with Gasteiger partial charge in [0, 0.05) is 19.6 Å². The van der Waals surface area contributed by atoms with Crippen molar-refractivity contribution >= 4 is 0 Å². The van der Waals surface area contributed by atoms with Gasteiger partial charge in [0.1, 0.15) is 0 Å². The molecule has 0 aromatic carbocycles. The van der Waals surface area contributed by atoms with Crippen LogP contribution in [0.4, 0.5) is 0 Å². The van der Waals surface area contributed by atoms with Crippen LogP contribution in [0.15, 0.2) is 0 Å². The third kappa shape index (κ3) is 13.5. The highest BCUT2D eigenvalue weighted by Crippen LogP contribution is 2.18. The lowest BCUT2D eigenvalue weighted by molar-refractivity contribution is -0.931. The summed E-state index contributed by atoms with van der Waals surface area (Å²) in [6, 6.07) is 0.788. The summed E-state index contributed by atoms with van der Waals surface area (Å²) in [6.07, 6.45) is 17.9. The standard InChI is InChI=1S/C28H61N4/c1-6-9-19-29-20-26-32(5,28(4)18-8-3)25-17-15-13-11-12-14-16-22-31-24-23-30(27-31)21-10-7-2/h28-29H,6-27H2,1-5H3/q+1. The third-order valence-corrected chi connectivity index (χ3v) is 7.88. The second-order valence-corrected chi connectivity index (χ2v) is 10.9. The molecule has 0 aromatic rings. The van der Waals surface area contributed by atoms with E-state index in [0.717, 1.165) is 6.04 Å². The Hall–Kier alpha value is -0.160. The second kappa shape index (κ2) is 19.2. The molecule has 0 radical (unpaired) electrons. The van der Waals surface area contributed by atoms with Crippen molar-refractivity contribution in [1.82, 2.24) is 15.1 Å². The fraction of sp³-hybridized carbons (Fsp3) is 1.00. The number of unbranched alkanes of at least 4 members (excludes halogenated alkanes) is 8. The Morgan fingerprint density at radius 3 is 1.91 bits per heavy atom. The van der Waals surface area contributed by atoms with E-state index in [4.69, 9.17) is 0 Å². The van der Waals surface area contributed by atoms with E-state index in [1.807, 2.05) is 0 Å². The van der Waals surface area contributed by atoms with Crippen molar-refractivity contribution in [3.63, 3.8) is 0 Å². The average Bonchev–Trinajstić information content (AvgIpc) is 3.24. The molecule has 1 saturated heterocycles. The summed E-state index contributed by atoms with van der Waals surface area (Å²) >= 11 is 0. The van der Waals surface area contributed by atoms with Crippen LogP contribution in [0, 0.1) is 0 Å². The number of likely N-dealkylation sites (N-methyl/N-ethyl adjacent to an activating group) is 1. The minimum Gasteiger partial charge on any atom is -0.323 e. The molecular weight excluding hydrogens is 392 g/mol. The van der Waals surface area contributed by atoms with E-state index < -0.39 is 0 Å². The topological polar surface area (TPSA) is 18.5 Å². The Morgan fingerprint density at radius 2 is 1.28 bits per heavy atom. The summed E-state index contributed by atoms with van der Waals surface area (Å²) in [4.78, 5) is 5.31. The number of nitrogens with one attached hydrogen (secondary N) is 1. The molecule has 192 valence electrons. The van der Waals surface area contributed by atoms with Crippen LogP contribution >= 0.6 is 0 Å². The van der Waals surface area contributed by atoms with Crippen LogP contribution in [-0.4, -0.2) is 86.4 Å². The quantitative estimate of drug-likeness (QED) is 0.157. The van der Waals surface area contributed by atoms with Crippen LogP contribution in [0.1, 0.15) is 111 Å². The molecule has 32 heavy (non-hydrogen) atoms. The van der Waals surface area contributed by atoms with Crippen molar-refractivity contribution in [3.05, 3.63) is 0 Å². The lowest BCUT2D eigenvalue weighted by Crippen LogP contribution is -2.54. The number of hydrogen-bond donors (Lipinski definition) is 1. The predicted octanol–water partition coefficient (Wildman–Crippen LogP) is 6.12. The first-order chi connectivity index (χ1) is 15.6. The van der Waals surface area contributed by atoms with Crippen LogP contribution < -0.4 is 5.32 Å². The molecule has 1 heterocycles. The molecule has 1 aliphatic rings. The van der Waals surface area contributed by atoms with Crippen LogP contribution in [0.5, 0.6) is 0 Å². The van der Waals surface area contributed by atoms with Gasteiger partial charge in [0.05, 0.1) is 32.8 Å². The van der Waals surface area contributed by atoms with Gasteiger partial charge in [-0.25, -0.2) is 0 Å². The Morgan fingerprint density at radius 1 is 0.688 bits per heavy atom. The molecule has 0 aromatic heterocycles. The zero-order valence-electron chi connectivity index (χ0n) is 23.0. The Labute approximate surface area is 203 Å². The molecule has 0 aliphatic carbocycles. The van der Waals surface area contributed by atoms with Gasteiger partial charge in [-0.2, -0.15) is 0 Å². The van der Waals surface area contributed by atoms with Crippen LogP contribution in [0.25, 0.3) is 0 Å². The normalized spacial score (nSPS) is 18.3. The number of rotatable bonds is 22. The van der Waals surface area contributed by atoms with Gasteiger partial charge in [-0.1, -0.05) is 65.7 Å². The van der Waals surface area contributed by atoms with E-state index in [9.17, 15) is 0 Å². The molecule has 2 atom stereocenters. The zero-order chi connectivity index (χ0) is 23.5. The molecular formula is C28H61N4+. The molecule has 0 saturated carbocycles. The van der Waals surface area contributed by atoms with Gasteiger partial charge >= 0.3 is 0 Å². The maximum absolute atomic E-state index is 3.68. The molecule has 0 spiro atoms.